The molecule has 0 aromatic heterocycles. The number of benzene rings is 1. The van der Waals surface area contributed by atoms with Gasteiger partial charge in [-0.15, -0.1) is 0 Å². The van der Waals surface area contributed by atoms with Gasteiger partial charge in [0.15, 0.2) is 0 Å². The minimum absolute atomic E-state index is 0.0280. The molecule has 8 heteroatoms. The maximum Gasteiger partial charge on any atom is 0.254 e. The molecular formula is C22H37N3O4S. The summed E-state index contributed by atoms with van der Waals surface area (Å²) in [4.78, 5) is 15.5. The summed E-state index contributed by atoms with van der Waals surface area (Å²) in [7, 11) is -0.999. The zero-order valence-corrected chi connectivity index (χ0v) is 20.1. The predicted octanol–water partition coefficient (Wildman–Crippen LogP) is 3.15. The van der Waals surface area contributed by atoms with Crippen LogP contribution >= 0.6 is 0 Å². The van der Waals surface area contributed by atoms with Crippen LogP contribution in [0.2, 0.25) is 0 Å². The number of piperidine rings is 1. The van der Waals surface area contributed by atoms with Crippen molar-refractivity contribution in [3.63, 3.8) is 0 Å². The second-order valence-electron chi connectivity index (χ2n) is 9.38. The highest BCUT2D eigenvalue weighted by atomic mass is 32.2. The van der Waals surface area contributed by atoms with Crippen molar-refractivity contribution in [2.75, 3.05) is 20.7 Å². The number of sulfonamides is 1. The molecule has 0 bridgehead atoms. The van der Waals surface area contributed by atoms with Crippen LogP contribution in [0.1, 0.15) is 70.7 Å². The Morgan fingerprint density at radius 3 is 2.33 bits per heavy atom. The maximum absolute atomic E-state index is 13.6. The summed E-state index contributed by atoms with van der Waals surface area (Å²) in [6, 6.07) is 4.68. The van der Waals surface area contributed by atoms with Gasteiger partial charge in [-0.25, -0.2) is 13.1 Å². The minimum Gasteiger partial charge on any atom is -0.495 e. The zero-order valence-electron chi connectivity index (χ0n) is 19.3. The molecule has 2 N–H and O–H groups in total. The van der Waals surface area contributed by atoms with E-state index in [9.17, 15) is 13.2 Å². The van der Waals surface area contributed by atoms with Gasteiger partial charge in [0.05, 0.1) is 7.11 Å². The highest BCUT2D eigenvalue weighted by Gasteiger charge is 2.41. The monoisotopic (exact) mass is 439 g/mol. The van der Waals surface area contributed by atoms with Crippen LogP contribution in [0.25, 0.3) is 0 Å². The van der Waals surface area contributed by atoms with E-state index in [0.29, 0.717) is 12.1 Å². The molecule has 170 valence electrons. The fourth-order valence-electron chi connectivity index (χ4n) is 4.56. The largest absolute Gasteiger partial charge is 0.495 e. The van der Waals surface area contributed by atoms with Crippen LogP contribution in [0.3, 0.4) is 0 Å². The maximum atomic E-state index is 13.6. The van der Waals surface area contributed by atoms with Gasteiger partial charge in [0.2, 0.25) is 10.0 Å². The first kappa shape index (κ1) is 24.6. The van der Waals surface area contributed by atoms with Crippen LogP contribution in [0.5, 0.6) is 5.75 Å². The van der Waals surface area contributed by atoms with Crippen LogP contribution < -0.4 is 14.8 Å². The van der Waals surface area contributed by atoms with Crippen molar-refractivity contribution in [3.05, 3.63) is 23.8 Å². The molecule has 7 nitrogen and oxygen atoms in total. The van der Waals surface area contributed by atoms with Crippen LogP contribution in [-0.2, 0) is 10.0 Å². The van der Waals surface area contributed by atoms with Crippen molar-refractivity contribution < 1.29 is 17.9 Å². The fraction of sp³-hybridized carbons (Fsp3) is 0.682. The van der Waals surface area contributed by atoms with Gasteiger partial charge in [0.25, 0.3) is 5.91 Å². The molecule has 1 aliphatic heterocycles. The van der Waals surface area contributed by atoms with Crippen molar-refractivity contribution in [1.29, 1.82) is 0 Å². The second kappa shape index (κ2) is 9.24. The molecule has 0 aliphatic carbocycles. The number of ether oxygens (including phenoxy) is 1. The summed E-state index contributed by atoms with van der Waals surface area (Å²) in [6.07, 6.45) is 3.55. The molecule has 0 spiro atoms. The average Bonchev–Trinajstić information content (AvgIpc) is 2.65. The van der Waals surface area contributed by atoms with Gasteiger partial charge in [-0.3, -0.25) is 4.79 Å². The number of rotatable bonds is 8. The Hall–Kier alpha value is -1.64. The summed E-state index contributed by atoms with van der Waals surface area (Å²) in [5.41, 5.74) is 0.157. The highest BCUT2D eigenvalue weighted by Crippen LogP contribution is 2.33. The zero-order chi connectivity index (χ0) is 22.7. The standard InChI is InChI=1S/C22H37N3O4S/c1-8-9-12-25(17-14-21(2,3)24-22(4,5)15-17)20(26)16-10-11-18(29-7)19(13-16)30(27,28)23-6/h10-11,13,17,23-24H,8-9,12,14-15H2,1-7H3. The SMILES string of the molecule is CCCCN(C(=O)c1ccc(OC)c(S(=O)(=O)NC)c1)C1CC(C)(C)NC(C)(C)C1. The van der Waals surface area contributed by atoms with Gasteiger partial charge in [-0.05, 0) is 72.2 Å². The molecule has 30 heavy (non-hydrogen) atoms. The van der Waals surface area contributed by atoms with Crippen molar-refractivity contribution in [2.45, 2.75) is 82.3 Å². The van der Waals surface area contributed by atoms with Gasteiger partial charge in [0, 0.05) is 29.2 Å². The van der Waals surface area contributed by atoms with E-state index in [-0.39, 0.29) is 33.7 Å². The Labute approximate surface area is 181 Å². The van der Waals surface area contributed by atoms with E-state index in [1.54, 1.807) is 12.1 Å². The van der Waals surface area contributed by atoms with E-state index in [4.69, 9.17) is 4.74 Å². The van der Waals surface area contributed by atoms with Crippen LogP contribution in [0.15, 0.2) is 23.1 Å². The van der Waals surface area contributed by atoms with Crippen molar-refractivity contribution in [1.82, 2.24) is 14.9 Å². The molecule has 0 radical (unpaired) electrons. The minimum atomic E-state index is -3.76. The predicted molar refractivity (Wildman–Crippen MR) is 119 cm³/mol. The van der Waals surface area contributed by atoms with Crippen molar-refractivity contribution in [2.24, 2.45) is 0 Å². The van der Waals surface area contributed by atoms with Crippen molar-refractivity contribution in [3.8, 4) is 5.75 Å². The second-order valence-corrected chi connectivity index (χ2v) is 11.2. The number of carbonyl (C=O) groups is 1. The van der Waals surface area contributed by atoms with Crippen LogP contribution in [-0.4, -0.2) is 57.0 Å². The number of nitrogens with zero attached hydrogens (tertiary/aromatic N) is 1. The molecule has 1 aromatic carbocycles. The lowest BCUT2D eigenvalue weighted by Gasteiger charge is -2.49. The third-order valence-corrected chi connectivity index (χ3v) is 7.03. The fourth-order valence-corrected chi connectivity index (χ4v) is 5.48. The molecule has 0 unspecified atom stereocenters. The molecule has 1 aliphatic rings. The van der Waals surface area contributed by atoms with Gasteiger partial charge in [-0.1, -0.05) is 13.3 Å². The van der Waals surface area contributed by atoms with Gasteiger partial charge in [-0.2, -0.15) is 0 Å². The highest BCUT2D eigenvalue weighted by molar-refractivity contribution is 7.89. The third kappa shape index (κ3) is 5.74. The van der Waals surface area contributed by atoms with Gasteiger partial charge in [0.1, 0.15) is 10.6 Å². The summed E-state index contributed by atoms with van der Waals surface area (Å²) in [5, 5.41) is 3.66. The molecule has 1 fully saturated rings. The topological polar surface area (TPSA) is 87.7 Å². The Balaban J connectivity index is 2.46. The molecule has 0 saturated carbocycles. The van der Waals surface area contributed by atoms with E-state index < -0.39 is 10.0 Å². The van der Waals surface area contributed by atoms with E-state index in [1.807, 2.05) is 4.90 Å². The number of unbranched alkanes of at least 4 members (excludes halogenated alkanes) is 1. The Bertz CT molecular complexity index is 849. The quantitative estimate of drug-likeness (QED) is 0.650. The first-order valence-corrected chi connectivity index (χ1v) is 12.1. The third-order valence-electron chi connectivity index (χ3n) is 5.59. The number of amides is 1. The molecule has 2 rings (SSSR count). The lowest BCUT2D eigenvalue weighted by Crippen LogP contribution is -2.62. The smallest absolute Gasteiger partial charge is 0.254 e. The number of carbonyl (C=O) groups excluding carboxylic acids is 1. The lowest BCUT2D eigenvalue weighted by atomic mass is 9.78. The summed E-state index contributed by atoms with van der Waals surface area (Å²) < 4.78 is 32.4. The number of hydrogen-bond acceptors (Lipinski definition) is 5. The molecule has 1 saturated heterocycles. The molecule has 1 heterocycles. The van der Waals surface area contributed by atoms with E-state index >= 15 is 0 Å². The van der Waals surface area contributed by atoms with E-state index in [0.717, 1.165) is 25.7 Å². The number of nitrogens with one attached hydrogen (secondary N) is 2. The average molecular weight is 440 g/mol. The van der Waals surface area contributed by atoms with E-state index in [2.05, 4.69) is 44.7 Å². The van der Waals surface area contributed by atoms with Crippen LogP contribution in [0.4, 0.5) is 0 Å². The molecule has 0 atom stereocenters. The molecular weight excluding hydrogens is 402 g/mol. The van der Waals surface area contributed by atoms with Crippen LogP contribution in [0, 0.1) is 0 Å². The van der Waals surface area contributed by atoms with Gasteiger partial charge >= 0.3 is 0 Å². The number of methoxy groups -OCH3 is 1. The first-order valence-electron chi connectivity index (χ1n) is 10.6. The Kier molecular flexibility index (Phi) is 7.59. The van der Waals surface area contributed by atoms with Gasteiger partial charge < -0.3 is 15.0 Å². The summed E-state index contributed by atoms with van der Waals surface area (Å²) in [6.45, 7) is 11.4. The first-order chi connectivity index (χ1) is 13.9. The summed E-state index contributed by atoms with van der Waals surface area (Å²) >= 11 is 0. The molecule has 1 amide bonds. The van der Waals surface area contributed by atoms with E-state index in [1.165, 1.54) is 20.2 Å². The lowest BCUT2D eigenvalue weighted by molar-refractivity contribution is 0.0441. The summed E-state index contributed by atoms with van der Waals surface area (Å²) in [5.74, 6) is 0.0716. The normalized spacial score (nSPS) is 18.8. The number of hydrogen-bond donors (Lipinski definition) is 2. The molecule has 1 aromatic rings. The Morgan fingerprint density at radius 1 is 1.23 bits per heavy atom. The Morgan fingerprint density at radius 2 is 1.83 bits per heavy atom. The van der Waals surface area contributed by atoms with Crippen molar-refractivity contribution >= 4 is 15.9 Å².